The summed E-state index contributed by atoms with van der Waals surface area (Å²) in [5, 5.41) is 4.26. The van der Waals surface area contributed by atoms with Crippen LogP contribution in [0.15, 0.2) is 34.9 Å². The Morgan fingerprint density at radius 1 is 1.35 bits per heavy atom. The number of aryl methyl sites for hydroxylation is 2. The lowest BCUT2D eigenvalue weighted by atomic mass is 10.0. The van der Waals surface area contributed by atoms with Gasteiger partial charge in [-0.2, -0.15) is 5.10 Å². The molecular formula is C16H19BrN2O. The molecule has 0 amide bonds. The van der Waals surface area contributed by atoms with Crippen LogP contribution in [0, 0.1) is 6.92 Å². The molecule has 0 aliphatic carbocycles. The van der Waals surface area contributed by atoms with E-state index in [4.69, 9.17) is 0 Å². The van der Waals surface area contributed by atoms with Gasteiger partial charge < -0.3 is 0 Å². The van der Waals surface area contributed by atoms with E-state index in [0.717, 1.165) is 10.9 Å². The summed E-state index contributed by atoms with van der Waals surface area (Å²) in [4.78, 5) is 12.4. The molecule has 0 saturated carbocycles. The Bertz CT molecular complexity index is 617. The zero-order valence-electron chi connectivity index (χ0n) is 12.1. The van der Waals surface area contributed by atoms with Crippen molar-refractivity contribution in [3.63, 3.8) is 0 Å². The van der Waals surface area contributed by atoms with Crippen molar-refractivity contribution in [2.75, 3.05) is 0 Å². The number of nitrogens with zero attached hydrogens (tertiary/aromatic N) is 2. The molecule has 0 fully saturated rings. The minimum absolute atomic E-state index is 0.131. The van der Waals surface area contributed by atoms with Gasteiger partial charge >= 0.3 is 0 Å². The minimum Gasteiger partial charge on any atom is -0.292 e. The van der Waals surface area contributed by atoms with E-state index in [2.05, 4.69) is 40.1 Å². The van der Waals surface area contributed by atoms with Gasteiger partial charge in [0.1, 0.15) is 5.69 Å². The van der Waals surface area contributed by atoms with Crippen LogP contribution in [-0.4, -0.2) is 15.6 Å². The second-order valence-corrected chi connectivity index (χ2v) is 6.08. The van der Waals surface area contributed by atoms with Gasteiger partial charge in [-0.1, -0.05) is 24.3 Å². The molecule has 0 spiro atoms. The molecule has 0 unspecified atom stereocenters. The number of halogens is 1. The average molecular weight is 335 g/mol. The fourth-order valence-corrected chi connectivity index (χ4v) is 2.75. The lowest BCUT2D eigenvalue weighted by Gasteiger charge is -2.11. The molecule has 0 saturated heterocycles. The Hall–Kier alpha value is -1.42. The van der Waals surface area contributed by atoms with Crippen molar-refractivity contribution >= 4 is 21.7 Å². The van der Waals surface area contributed by atoms with Gasteiger partial charge in [0.05, 0.1) is 10.7 Å². The number of carbonyl (C=O) groups excluding carboxylic acids is 1. The van der Waals surface area contributed by atoms with Crippen LogP contribution in [0.25, 0.3) is 0 Å². The van der Waals surface area contributed by atoms with E-state index in [1.807, 2.05) is 26.0 Å². The van der Waals surface area contributed by atoms with E-state index >= 15 is 0 Å². The molecule has 0 N–H and O–H groups in total. The van der Waals surface area contributed by atoms with E-state index in [-0.39, 0.29) is 11.8 Å². The number of aromatic nitrogens is 2. The lowest BCUT2D eigenvalue weighted by Crippen LogP contribution is -2.13. The predicted molar refractivity (Wildman–Crippen MR) is 84.1 cm³/mol. The summed E-state index contributed by atoms with van der Waals surface area (Å²) in [5.74, 6) is 0.131. The molecule has 106 valence electrons. The Labute approximate surface area is 128 Å². The first kappa shape index (κ1) is 15.0. The Morgan fingerprint density at radius 2 is 2.05 bits per heavy atom. The molecule has 4 heteroatoms. The largest absolute Gasteiger partial charge is 0.292 e. The number of ketones is 1. The standard InChI is InChI=1S/C16H19BrN2O/c1-11(2)19-16(14(17)10-18-19)15(20)9-8-13-7-5-4-6-12(13)3/h4-7,10-11H,8-9H2,1-3H3. The highest BCUT2D eigenvalue weighted by Gasteiger charge is 2.18. The van der Waals surface area contributed by atoms with Gasteiger partial charge in [-0.3, -0.25) is 9.48 Å². The molecule has 3 nitrogen and oxygen atoms in total. The summed E-state index contributed by atoms with van der Waals surface area (Å²) in [5.41, 5.74) is 3.14. The second-order valence-electron chi connectivity index (χ2n) is 5.23. The van der Waals surface area contributed by atoms with Crippen LogP contribution in [0.2, 0.25) is 0 Å². The van der Waals surface area contributed by atoms with E-state index < -0.39 is 0 Å². The fraction of sp³-hybridized carbons (Fsp3) is 0.375. The third-order valence-corrected chi connectivity index (χ3v) is 3.97. The van der Waals surface area contributed by atoms with Crippen molar-refractivity contribution in [3.8, 4) is 0 Å². The Balaban J connectivity index is 2.13. The van der Waals surface area contributed by atoms with Gasteiger partial charge in [0, 0.05) is 12.5 Å². The van der Waals surface area contributed by atoms with E-state index in [0.29, 0.717) is 12.1 Å². The van der Waals surface area contributed by atoms with Crippen molar-refractivity contribution in [1.82, 2.24) is 9.78 Å². The van der Waals surface area contributed by atoms with Gasteiger partial charge in [0.25, 0.3) is 0 Å². The number of hydrogen-bond donors (Lipinski definition) is 0. The molecule has 20 heavy (non-hydrogen) atoms. The van der Waals surface area contributed by atoms with Crippen molar-refractivity contribution in [2.45, 2.75) is 39.7 Å². The molecular weight excluding hydrogens is 316 g/mol. The van der Waals surface area contributed by atoms with Crippen LogP contribution >= 0.6 is 15.9 Å². The maximum atomic E-state index is 12.4. The van der Waals surface area contributed by atoms with Crippen molar-refractivity contribution in [2.24, 2.45) is 0 Å². The third kappa shape index (κ3) is 3.18. The van der Waals surface area contributed by atoms with E-state index in [1.54, 1.807) is 10.9 Å². The van der Waals surface area contributed by atoms with Crippen molar-refractivity contribution in [1.29, 1.82) is 0 Å². The quantitative estimate of drug-likeness (QED) is 0.762. The fourth-order valence-electron chi connectivity index (χ4n) is 2.25. The van der Waals surface area contributed by atoms with Crippen molar-refractivity contribution < 1.29 is 4.79 Å². The zero-order chi connectivity index (χ0) is 14.7. The van der Waals surface area contributed by atoms with Crippen LogP contribution in [0.4, 0.5) is 0 Å². The first-order valence-electron chi connectivity index (χ1n) is 6.81. The molecule has 1 aromatic carbocycles. The average Bonchev–Trinajstić information content (AvgIpc) is 2.79. The summed E-state index contributed by atoms with van der Waals surface area (Å²) in [7, 11) is 0. The number of carbonyl (C=O) groups is 1. The first-order chi connectivity index (χ1) is 9.50. The zero-order valence-corrected chi connectivity index (χ0v) is 13.6. The SMILES string of the molecule is Cc1ccccc1CCC(=O)c1c(Br)cnn1C(C)C. The summed E-state index contributed by atoms with van der Waals surface area (Å²) < 4.78 is 2.56. The van der Waals surface area contributed by atoms with Gasteiger partial charge in [0.2, 0.25) is 0 Å². The monoisotopic (exact) mass is 334 g/mol. The molecule has 0 radical (unpaired) electrons. The highest BCUT2D eigenvalue weighted by Crippen LogP contribution is 2.22. The van der Waals surface area contributed by atoms with Crippen molar-refractivity contribution in [3.05, 3.63) is 51.8 Å². The van der Waals surface area contributed by atoms with Crippen LogP contribution in [0.5, 0.6) is 0 Å². The molecule has 0 atom stereocenters. The second kappa shape index (κ2) is 6.35. The number of hydrogen-bond acceptors (Lipinski definition) is 2. The van der Waals surface area contributed by atoms with Gasteiger partial charge in [-0.15, -0.1) is 0 Å². The predicted octanol–water partition coefficient (Wildman–Crippen LogP) is 4.35. The number of rotatable bonds is 5. The minimum atomic E-state index is 0.131. The highest BCUT2D eigenvalue weighted by molar-refractivity contribution is 9.10. The summed E-state index contributed by atoms with van der Waals surface area (Å²) in [6.07, 6.45) is 2.96. The number of Topliss-reactive ketones (excluding diaryl/α,β-unsaturated/α-hetero) is 1. The third-order valence-electron chi connectivity index (χ3n) is 3.39. The Kier molecular flexibility index (Phi) is 4.76. The topological polar surface area (TPSA) is 34.9 Å². The van der Waals surface area contributed by atoms with E-state index in [9.17, 15) is 4.79 Å². The van der Waals surface area contributed by atoms with Crippen LogP contribution in [0.3, 0.4) is 0 Å². The van der Waals surface area contributed by atoms with E-state index in [1.165, 1.54) is 11.1 Å². The molecule has 1 aromatic heterocycles. The summed E-state index contributed by atoms with van der Waals surface area (Å²) in [6, 6.07) is 8.37. The normalized spacial score (nSPS) is 11.1. The van der Waals surface area contributed by atoms with Crippen LogP contribution < -0.4 is 0 Å². The van der Waals surface area contributed by atoms with Gasteiger partial charge in [-0.05, 0) is 54.2 Å². The molecule has 2 aromatic rings. The molecule has 2 rings (SSSR count). The highest BCUT2D eigenvalue weighted by atomic mass is 79.9. The summed E-state index contributed by atoms with van der Waals surface area (Å²) >= 11 is 3.42. The first-order valence-corrected chi connectivity index (χ1v) is 7.60. The van der Waals surface area contributed by atoms with Crippen LogP contribution in [0.1, 0.15) is 47.9 Å². The molecule has 0 aliphatic rings. The maximum Gasteiger partial charge on any atom is 0.182 e. The van der Waals surface area contributed by atoms with Gasteiger partial charge in [-0.25, -0.2) is 0 Å². The number of benzene rings is 1. The molecule has 1 heterocycles. The Morgan fingerprint density at radius 3 is 2.70 bits per heavy atom. The van der Waals surface area contributed by atoms with Gasteiger partial charge in [0.15, 0.2) is 5.78 Å². The smallest absolute Gasteiger partial charge is 0.182 e. The lowest BCUT2D eigenvalue weighted by molar-refractivity contribution is 0.0969. The maximum absolute atomic E-state index is 12.4. The summed E-state index contributed by atoms with van der Waals surface area (Å²) in [6.45, 7) is 6.13. The molecule has 0 aliphatic heterocycles. The molecule has 0 bridgehead atoms. The van der Waals surface area contributed by atoms with Crippen LogP contribution in [-0.2, 0) is 6.42 Å².